The summed E-state index contributed by atoms with van der Waals surface area (Å²) in [6.07, 6.45) is 17.9. The largest absolute Gasteiger partial charge is 0.504 e. The van der Waals surface area contributed by atoms with Gasteiger partial charge < -0.3 is 14.9 Å². The molecule has 0 unspecified atom stereocenters. The highest BCUT2D eigenvalue weighted by atomic mass is 16.5. The summed E-state index contributed by atoms with van der Waals surface area (Å²) < 4.78 is 5.36. The van der Waals surface area contributed by atoms with Gasteiger partial charge in [-0.2, -0.15) is 0 Å². The van der Waals surface area contributed by atoms with Crippen LogP contribution >= 0.6 is 0 Å². The van der Waals surface area contributed by atoms with Crippen molar-refractivity contribution in [2.24, 2.45) is 58.2 Å². The summed E-state index contributed by atoms with van der Waals surface area (Å²) in [5, 5.41) is 19.9. The fourth-order valence-electron chi connectivity index (χ4n) is 11.0. The third-order valence-corrected chi connectivity index (χ3v) is 13.6. The van der Waals surface area contributed by atoms with Crippen LogP contribution in [0.25, 0.3) is 5.57 Å². The zero-order valence-corrected chi connectivity index (χ0v) is 28.0. The van der Waals surface area contributed by atoms with Crippen molar-refractivity contribution in [2.45, 2.75) is 112 Å². The van der Waals surface area contributed by atoms with Crippen molar-refractivity contribution in [3.8, 4) is 11.5 Å². The number of carboxylic acids is 1. The number of hydrogen-bond acceptors (Lipinski definition) is 3. The smallest absolute Gasteiger partial charge is 0.328 e. The first kappa shape index (κ1) is 32.2. The van der Waals surface area contributed by atoms with Gasteiger partial charge in [-0.3, -0.25) is 0 Å². The zero-order valence-electron chi connectivity index (χ0n) is 28.0. The van der Waals surface area contributed by atoms with Gasteiger partial charge in [0.1, 0.15) is 0 Å². The highest BCUT2D eigenvalue weighted by Gasteiger charge is 2.59. The normalized spacial score (nSPS) is 35.4. The number of benzene rings is 1. The van der Waals surface area contributed by atoms with Gasteiger partial charge in [0.05, 0.1) is 7.11 Å². The van der Waals surface area contributed by atoms with Crippen LogP contribution in [0.15, 0.2) is 35.9 Å². The number of phenolic OH excluding ortho intramolecular Hbond substituents is 1. The van der Waals surface area contributed by atoms with Gasteiger partial charge >= 0.3 is 5.97 Å². The first-order valence-corrected chi connectivity index (χ1v) is 17.4. The van der Waals surface area contributed by atoms with Crippen molar-refractivity contribution in [2.75, 3.05) is 7.11 Å². The lowest BCUT2D eigenvalue weighted by Gasteiger charge is -2.58. The number of allylic oxidation sites excluding steroid dienone is 3. The van der Waals surface area contributed by atoms with Gasteiger partial charge in [-0.25, -0.2) is 4.79 Å². The van der Waals surface area contributed by atoms with E-state index in [1.165, 1.54) is 64.6 Å². The number of rotatable bonds is 10. The van der Waals surface area contributed by atoms with Crippen LogP contribution in [0, 0.1) is 58.2 Å². The van der Waals surface area contributed by atoms with E-state index in [0.29, 0.717) is 11.2 Å². The van der Waals surface area contributed by atoms with E-state index in [0.717, 1.165) is 71.8 Å². The van der Waals surface area contributed by atoms with Gasteiger partial charge in [-0.1, -0.05) is 72.1 Å². The molecular weight excluding hydrogens is 532 g/mol. The van der Waals surface area contributed by atoms with Crippen LogP contribution in [0.1, 0.15) is 118 Å². The maximum atomic E-state index is 11.9. The molecule has 3 saturated carbocycles. The molecule has 4 aliphatic rings. The minimum absolute atomic E-state index is 0.0757. The van der Waals surface area contributed by atoms with Gasteiger partial charge in [0.25, 0.3) is 0 Å². The van der Waals surface area contributed by atoms with Crippen molar-refractivity contribution >= 4 is 11.5 Å². The Morgan fingerprint density at radius 3 is 2.51 bits per heavy atom. The molecule has 0 aromatic heterocycles. The van der Waals surface area contributed by atoms with Crippen LogP contribution in [0.4, 0.5) is 0 Å². The topological polar surface area (TPSA) is 66.8 Å². The second-order valence-electron chi connectivity index (χ2n) is 15.7. The molecule has 0 spiro atoms. The Hall–Kier alpha value is -2.23. The maximum absolute atomic E-state index is 11.9. The average Bonchev–Trinajstić information content (AvgIpc) is 3.33. The van der Waals surface area contributed by atoms with E-state index in [1.807, 2.05) is 6.07 Å². The monoisotopic (exact) mass is 590 g/mol. The van der Waals surface area contributed by atoms with Crippen molar-refractivity contribution < 1.29 is 19.7 Å². The summed E-state index contributed by atoms with van der Waals surface area (Å²) in [6, 6.07) is 5.23. The van der Waals surface area contributed by atoms with Crippen molar-refractivity contribution in [1.82, 2.24) is 0 Å². The Morgan fingerprint density at radius 2 is 1.84 bits per heavy atom. The van der Waals surface area contributed by atoms with Crippen LogP contribution in [0.3, 0.4) is 0 Å². The van der Waals surface area contributed by atoms with E-state index in [2.05, 4.69) is 47.6 Å². The number of carboxylic acid groups (broad SMARTS) is 1. The van der Waals surface area contributed by atoms with E-state index in [9.17, 15) is 15.0 Å². The van der Waals surface area contributed by atoms with E-state index >= 15 is 0 Å². The predicted molar refractivity (Wildman–Crippen MR) is 176 cm³/mol. The summed E-state index contributed by atoms with van der Waals surface area (Å²) in [6.45, 7) is 15.0. The van der Waals surface area contributed by atoms with Gasteiger partial charge in [-0.05, 0) is 139 Å². The molecule has 2 N–H and O–H groups in total. The van der Waals surface area contributed by atoms with Gasteiger partial charge in [0.15, 0.2) is 11.5 Å². The maximum Gasteiger partial charge on any atom is 0.328 e. The number of aliphatic carboxylic acids is 1. The molecule has 1 aromatic carbocycles. The zero-order chi connectivity index (χ0) is 31.1. The fraction of sp³-hybridized carbons (Fsp3) is 0.718. The molecular formula is C39H58O4. The molecule has 4 heteroatoms. The first-order valence-electron chi connectivity index (χ1n) is 17.4. The molecule has 4 aliphatic carbocycles. The number of carbonyl (C=O) groups is 1. The summed E-state index contributed by atoms with van der Waals surface area (Å²) in [4.78, 5) is 11.9. The number of aromatic hydroxyl groups is 1. The highest BCUT2D eigenvalue weighted by molar-refractivity contribution is 5.91. The van der Waals surface area contributed by atoms with E-state index in [4.69, 9.17) is 4.74 Å². The molecule has 4 nitrogen and oxygen atoms in total. The van der Waals surface area contributed by atoms with E-state index < -0.39 is 5.97 Å². The number of fused-ring (bicyclic) bond motifs is 5. The molecule has 0 amide bonds. The molecule has 238 valence electrons. The van der Waals surface area contributed by atoms with Crippen molar-refractivity contribution in [3.63, 3.8) is 0 Å². The molecule has 0 aliphatic heterocycles. The lowest BCUT2D eigenvalue weighted by atomic mass is 9.46. The van der Waals surface area contributed by atoms with Crippen LogP contribution in [-0.2, 0) is 4.79 Å². The molecule has 0 bridgehead atoms. The molecule has 1 aromatic rings. The van der Waals surface area contributed by atoms with Crippen molar-refractivity contribution in [1.29, 1.82) is 0 Å². The summed E-state index contributed by atoms with van der Waals surface area (Å²) in [5.74, 6) is 5.40. The third kappa shape index (κ3) is 5.94. The minimum Gasteiger partial charge on any atom is -0.504 e. The van der Waals surface area contributed by atoms with Gasteiger partial charge in [0, 0.05) is 6.08 Å². The molecule has 0 heterocycles. The predicted octanol–water partition coefficient (Wildman–Crippen LogP) is 10.2. The standard InChI is InChI=1S/C39H58O4/c1-8-26(24(2)3)10-9-25(4)32-14-15-33-30-13-12-29-21-28(17-19-38(29,5)34(30)18-20-39(32,33)6)31(23-37(41)42)27-11-16-35(40)36(22-27)43-7/h11-12,16,22-26,28,30,32-34,40H,8-10,13-15,17-21H2,1-7H3,(H,41,42)/b31-23-/t25-,26+,28+,30+,32-,33+,34+,38+,39-/m1/s1. The van der Waals surface area contributed by atoms with Gasteiger partial charge in [0.2, 0.25) is 0 Å². The summed E-state index contributed by atoms with van der Waals surface area (Å²) in [7, 11) is 1.53. The lowest BCUT2D eigenvalue weighted by Crippen LogP contribution is -2.50. The first-order chi connectivity index (χ1) is 20.4. The summed E-state index contributed by atoms with van der Waals surface area (Å²) in [5.41, 5.74) is 3.95. The molecule has 0 radical (unpaired) electrons. The SMILES string of the molecule is CC[C@@H](CC[C@@H](C)[C@H]1CC[C@H]2[C@@H]3CC=C4C[C@@H](/C(=C\C(=O)O)c5ccc(O)c(OC)c5)CC[C@]4(C)[C@H]3CC[C@]12C)C(C)C. The van der Waals surface area contributed by atoms with Crippen LogP contribution < -0.4 is 4.74 Å². The number of ether oxygens (including phenoxy) is 1. The Labute approximate surface area is 261 Å². The number of methoxy groups -OCH3 is 1. The number of phenols is 1. The van der Waals surface area contributed by atoms with E-state index in [1.54, 1.807) is 17.7 Å². The molecule has 3 fully saturated rings. The molecule has 43 heavy (non-hydrogen) atoms. The van der Waals surface area contributed by atoms with Crippen molar-refractivity contribution in [3.05, 3.63) is 41.5 Å². The van der Waals surface area contributed by atoms with Crippen LogP contribution in [0.5, 0.6) is 11.5 Å². The highest BCUT2D eigenvalue weighted by Crippen LogP contribution is 2.68. The third-order valence-electron chi connectivity index (χ3n) is 13.6. The lowest BCUT2D eigenvalue weighted by molar-refractivity contribution is -0.131. The Bertz CT molecular complexity index is 1230. The molecule has 5 rings (SSSR count). The molecule has 0 saturated heterocycles. The number of hydrogen-bond donors (Lipinski definition) is 2. The Balaban J connectivity index is 1.33. The average molecular weight is 591 g/mol. The Morgan fingerprint density at radius 1 is 1.07 bits per heavy atom. The summed E-state index contributed by atoms with van der Waals surface area (Å²) >= 11 is 0. The fourth-order valence-corrected chi connectivity index (χ4v) is 11.0. The Kier molecular flexibility index (Phi) is 9.46. The quantitative estimate of drug-likeness (QED) is 0.210. The van der Waals surface area contributed by atoms with Crippen LogP contribution in [-0.4, -0.2) is 23.3 Å². The van der Waals surface area contributed by atoms with Gasteiger partial charge in [-0.15, -0.1) is 0 Å². The van der Waals surface area contributed by atoms with Crippen LogP contribution in [0.2, 0.25) is 0 Å². The second-order valence-corrected chi connectivity index (χ2v) is 15.7. The molecule has 9 atom stereocenters. The van der Waals surface area contributed by atoms with E-state index in [-0.39, 0.29) is 17.1 Å². The minimum atomic E-state index is -0.918. The second kappa shape index (κ2) is 12.6.